The molecule has 3 nitrogen and oxygen atoms in total. The molecule has 0 spiro atoms. The Bertz CT molecular complexity index is 110. The molecule has 0 radical (unpaired) electrons. The molecule has 1 aliphatic carbocycles. The van der Waals surface area contributed by atoms with E-state index in [2.05, 4.69) is 0 Å². The molecule has 0 atom stereocenters. The van der Waals surface area contributed by atoms with Gasteiger partial charge in [0.25, 0.3) is 0 Å². The number of nitrogens with one attached hydrogen (secondary N) is 2. The fraction of sp³-hybridized carbons (Fsp3) is 0.833. The molecule has 0 aromatic heterocycles. The second-order valence-corrected chi connectivity index (χ2v) is 2.59. The van der Waals surface area contributed by atoms with Gasteiger partial charge in [-0.05, 0) is 5.92 Å². The molecule has 1 saturated carbocycles. The van der Waals surface area contributed by atoms with Crippen LogP contribution in [0.3, 0.4) is 0 Å². The molecule has 1 fully saturated rings. The summed E-state index contributed by atoms with van der Waals surface area (Å²) < 4.78 is 0. The largest absolute Gasteiger partial charge is 0.290 e. The molecule has 0 unspecified atom stereocenters. The summed E-state index contributed by atoms with van der Waals surface area (Å²) in [6.45, 7) is 0. The Balaban J connectivity index is 2.09. The van der Waals surface area contributed by atoms with Crippen molar-refractivity contribution >= 4 is 5.84 Å². The molecular weight excluding hydrogens is 116 g/mol. The lowest BCUT2D eigenvalue weighted by Gasteiger charge is -2.24. The lowest BCUT2D eigenvalue weighted by Crippen LogP contribution is -2.24. The third-order valence-electron chi connectivity index (χ3n) is 1.85. The van der Waals surface area contributed by atoms with E-state index in [9.17, 15) is 0 Å². The van der Waals surface area contributed by atoms with Crippen LogP contribution in [0.15, 0.2) is 0 Å². The van der Waals surface area contributed by atoms with Crippen LogP contribution in [-0.4, -0.2) is 11.0 Å². The molecule has 52 valence electrons. The fourth-order valence-electron chi connectivity index (χ4n) is 1.03. The van der Waals surface area contributed by atoms with E-state index in [1.165, 1.54) is 19.3 Å². The Kier molecular flexibility index (Phi) is 2.05. The van der Waals surface area contributed by atoms with Crippen molar-refractivity contribution < 1.29 is 5.21 Å². The van der Waals surface area contributed by atoms with Crippen LogP contribution in [0.5, 0.6) is 0 Å². The Morgan fingerprint density at radius 1 is 1.67 bits per heavy atom. The number of amidine groups is 1. The van der Waals surface area contributed by atoms with E-state index in [0.29, 0.717) is 5.92 Å². The number of rotatable bonds is 2. The van der Waals surface area contributed by atoms with Crippen molar-refractivity contribution in [3.05, 3.63) is 0 Å². The van der Waals surface area contributed by atoms with E-state index in [-0.39, 0.29) is 5.84 Å². The van der Waals surface area contributed by atoms with Crippen LogP contribution in [0, 0.1) is 11.3 Å². The Labute approximate surface area is 54.5 Å². The quantitative estimate of drug-likeness (QED) is 0.296. The summed E-state index contributed by atoms with van der Waals surface area (Å²) in [5.41, 5.74) is 1.85. The molecule has 0 aliphatic heterocycles. The van der Waals surface area contributed by atoms with Gasteiger partial charge in [0.1, 0.15) is 5.84 Å². The summed E-state index contributed by atoms with van der Waals surface area (Å²) in [6, 6.07) is 0. The van der Waals surface area contributed by atoms with Crippen molar-refractivity contribution in [2.75, 3.05) is 0 Å². The fourth-order valence-corrected chi connectivity index (χ4v) is 1.03. The molecule has 0 aromatic rings. The van der Waals surface area contributed by atoms with Gasteiger partial charge in [0.2, 0.25) is 0 Å². The second-order valence-electron chi connectivity index (χ2n) is 2.59. The average Bonchev–Trinajstić information content (AvgIpc) is 1.78. The maximum atomic E-state index is 8.23. The molecular formula is C6H12N2O. The zero-order valence-corrected chi connectivity index (χ0v) is 5.35. The van der Waals surface area contributed by atoms with E-state index < -0.39 is 0 Å². The summed E-state index contributed by atoms with van der Waals surface area (Å²) in [7, 11) is 0. The molecule has 1 aliphatic rings. The van der Waals surface area contributed by atoms with Crippen LogP contribution >= 0.6 is 0 Å². The molecule has 0 aromatic carbocycles. The SMILES string of the molecule is N=C(CC1CCC1)NO. The van der Waals surface area contributed by atoms with Crippen molar-refractivity contribution in [3.8, 4) is 0 Å². The van der Waals surface area contributed by atoms with E-state index >= 15 is 0 Å². The zero-order chi connectivity index (χ0) is 6.69. The first-order chi connectivity index (χ1) is 4.33. The van der Waals surface area contributed by atoms with Gasteiger partial charge in [0, 0.05) is 6.42 Å². The van der Waals surface area contributed by atoms with Gasteiger partial charge in [-0.2, -0.15) is 0 Å². The van der Waals surface area contributed by atoms with Crippen LogP contribution in [0.1, 0.15) is 25.7 Å². The van der Waals surface area contributed by atoms with Crippen molar-refractivity contribution in [2.45, 2.75) is 25.7 Å². The number of hydroxylamine groups is 1. The van der Waals surface area contributed by atoms with Crippen LogP contribution in [0.2, 0.25) is 0 Å². The standard InChI is InChI=1S/C6H12N2O/c7-6(8-9)4-5-2-1-3-5/h5,9H,1-4H2,(H2,7,8). The summed E-state index contributed by atoms with van der Waals surface area (Å²) in [5, 5.41) is 15.3. The monoisotopic (exact) mass is 128 g/mol. The van der Waals surface area contributed by atoms with Crippen LogP contribution in [0.25, 0.3) is 0 Å². The Hall–Kier alpha value is -0.570. The van der Waals surface area contributed by atoms with Gasteiger partial charge < -0.3 is 0 Å². The van der Waals surface area contributed by atoms with Crippen molar-refractivity contribution in [3.63, 3.8) is 0 Å². The highest BCUT2D eigenvalue weighted by molar-refractivity contribution is 5.77. The van der Waals surface area contributed by atoms with Gasteiger partial charge in [0.15, 0.2) is 0 Å². The zero-order valence-electron chi connectivity index (χ0n) is 5.35. The molecule has 3 N–H and O–H groups in total. The summed E-state index contributed by atoms with van der Waals surface area (Å²) in [6.07, 6.45) is 4.47. The minimum atomic E-state index is 0.250. The molecule has 1 rings (SSSR count). The van der Waals surface area contributed by atoms with Crippen molar-refractivity contribution in [1.29, 1.82) is 5.41 Å². The van der Waals surface area contributed by atoms with Crippen LogP contribution in [-0.2, 0) is 0 Å². The third kappa shape index (κ3) is 1.68. The van der Waals surface area contributed by atoms with E-state index in [1.54, 1.807) is 0 Å². The summed E-state index contributed by atoms with van der Waals surface area (Å²) in [4.78, 5) is 0. The number of hydrogen-bond acceptors (Lipinski definition) is 2. The molecule has 0 bridgehead atoms. The molecule has 9 heavy (non-hydrogen) atoms. The maximum Gasteiger partial charge on any atom is 0.118 e. The lowest BCUT2D eigenvalue weighted by atomic mass is 9.83. The van der Waals surface area contributed by atoms with Crippen LogP contribution in [0.4, 0.5) is 0 Å². The van der Waals surface area contributed by atoms with E-state index in [4.69, 9.17) is 10.6 Å². The first kappa shape index (κ1) is 6.55. The smallest absolute Gasteiger partial charge is 0.118 e. The van der Waals surface area contributed by atoms with Gasteiger partial charge in [-0.1, -0.05) is 19.3 Å². The minimum Gasteiger partial charge on any atom is -0.290 e. The van der Waals surface area contributed by atoms with Crippen molar-refractivity contribution in [1.82, 2.24) is 5.48 Å². The molecule has 0 amide bonds. The lowest BCUT2D eigenvalue weighted by molar-refractivity contribution is 0.222. The van der Waals surface area contributed by atoms with Gasteiger partial charge in [-0.3, -0.25) is 16.1 Å². The first-order valence-corrected chi connectivity index (χ1v) is 3.30. The number of hydrogen-bond donors (Lipinski definition) is 3. The summed E-state index contributed by atoms with van der Waals surface area (Å²) >= 11 is 0. The predicted molar refractivity (Wildman–Crippen MR) is 34.6 cm³/mol. The molecule has 0 saturated heterocycles. The minimum absolute atomic E-state index is 0.250. The predicted octanol–water partition coefficient (Wildman–Crippen LogP) is 1.13. The normalized spacial score (nSPS) is 18.8. The summed E-state index contributed by atoms with van der Waals surface area (Å²) in [5.74, 6) is 0.914. The third-order valence-corrected chi connectivity index (χ3v) is 1.85. The molecule has 0 heterocycles. The highest BCUT2D eigenvalue weighted by Gasteiger charge is 2.18. The topological polar surface area (TPSA) is 56.1 Å². The Morgan fingerprint density at radius 3 is 2.67 bits per heavy atom. The van der Waals surface area contributed by atoms with Gasteiger partial charge in [-0.15, -0.1) is 0 Å². The van der Waals surface area contributed by atoms with E-state index in [1.807, 2.05) is 5.48 Å². The Morgan fingerprint density at radius 2 is 2.33 bits per heavy atom. The maximum absolute atomic E-state index is 8.23. The van der Waals surface area contributed by atoms with Crippen molar-refractivity contribution in [2.24, 2.45) is 5.92 Å². The highest BCUT2D eigenvalue weighted by Crippen LogP contribution is 2.28. The highest BCUT2D eigenvalue weighted by atomic mass is 16.5. The molecule has 3 heteroatoms. The first-order valence-electron chi connectivity index (χ1n) is 3.30. The van der Waals surface area contributed by atoms with Gasteiger partial charge in [0.05, 0.1) is 0 Å². The van der Waals surface area contributed by atoms with E-state index in [0.717, 1.165) is 6.42 Å². The van der Waals surface area contributed by atoms with Gasteiger partial charge >= 0.3 is 0 Å². The average molecular weight is 128 g/mol. The van der Waals surface area contributed by atoms with Crippen LogP contribution < -0.4 is 5.48 Å². The van der Waals surface area contributed by atoms with Gasteiger partial charge in [-0.25, -0.2) is 0 Å². The second kappa shape index (κ2) is 2.82.